The Balaban J connectivity index is 1.96. The number of hydroxylamine groups is 2. The Labute approximate surface area is 180 Å². The van der Waals surface area contributed by atoms with Gasteiger partial charge in [-0.3, -0.25) is 14.6 Å². The number of aromatic nitrogens is 1. The summed E-state index contributed by atoms with van der Waals surface area (Å²) >= 11 is 0. The van der Waals surface area contributed by atoms with E-state index in [-0.39, 0.29) is 12.5 Å². The van der Waals surface area contributed by atoms with Crippen molar-refractivity contribution < 1.29 is 24.0 Å². The first-order chi connectivity index (χ1) is 14.7. The van der Waals surface area contributed by atoms with Crippen LogP contribution in [-0.4, -0.2) is 47.5 Å². The third-order valence-electron chi connectivity index (χ3n) is 4.51. The molecule has 0 bridgehead atoms. The number of rotatable bonds is 6. The quantitative estimate of drug-likeness (QED) is 0.340. The lowest BCUT2D eigenvalue weighted by molar-refractivity contribution is -0.124. The van der Waals surface area contributed by atoms with Gasteiger partial charge in [0.2, 0.25) is 0 Å². The second-order valence-electron chi connectivity index (χ2n) is 7.89. The van der Waals surface area contributed by atoms with Crippen LogP contribution in [0.15, 0.2) is 54.7 Å². The highest BCUT2D eigenvalue weighted by Crippen LogP contribution is 2.27. The van der Waals surface area contributed by atoms with Crippen LogP contribution in [-0.2, 0) is 14.4 Å². The second kappa shape index (κ2) is 9.06. The number of carbonyl (C=O) groups is 3. The molecule has 1 aromatic heterocycles. The molecule has 0 unspecified atom stereocenters. The molecule has 2 aromatic carbocycles. The lowest BCUT2D eigenvalue weighted by Crippen LogP contribution is -2.31. The number of carbonyl (C=O) groups excluding carboxylic acids is 3. The zero-order valence-corrected chi connectivity index (χ0v) is 17.9. The van der Waals surface area contributed by atoms with Crippen LogP contribution in [0.25, 0.3) is 22.0 Å². The molecule has 0 N–H and O–H groups in total. The topological polar surface area (TPSA) is 85.8 Å². The monoisotopic (exact) mass is 420 g/mol. The van der Waals surface area contributed by atoms with Crippen LogP contribution in [0.4, 0.5) is 0 Å². The number of amides is 1. The fourth-order valence-electron chi connectivity index (χ4n) is 3.09. The summed E-state index contributed by atoms with van der Waals surface area (Å²) in [6.07, 6.45) is 2.14. The molecule has 160 valence electrons. The van der Waals surface area contributed by atoms with Gasteiger partial charge < -0.3 is 9.53 Å². The summed E-state index contributed by atoms with van der Waals surface area (Å²) in [6.45, 7) is 5.29. The van der Waals surface area contributed by atoms with E-state index in [4.69, 9.17) is 9.57 Å². The summed E-state index contributed by atoms with van der Waals surface area (Å²) in [5.74, 6) is -0.816. The molecule has 0 aliphatic heterocycles. The van der Waals surface area contributed by atoms with Crippen molar-refractivity contribution in [3.63, 3.8) is 0 Å². The molecular weight excluding hydrogens is 396 g/mol. The normalized spacial score (nSPS) is 11.2. The molecule has 0 saturated carbocycles. The number of esters is 1. The van der Waals surface area contributed by atoms with Gasteiger partial charge in [-0.25, -0.2) is 9.86 Å². The summed E-state index contributed by atoms with van der Waals surface area (Å²) in [6, 6.07) is 14.2. The van der Waals surface area contributed by atoms with Gasteiger partial charge in [-0.2, -0.15) is 0 Å². The molecular formula is C24H24N2O5. The van der Waals surface area contributed by atoms with Crippen LogP contribution in [0.1, 0.15) is 41.5 Å². The minimum absolute atomic E-state index is 0.176. The number of hydrogen-bond donors (Lipinski definition) is 0. The van der Waals surface area contributed by atoms with E-state index in [1.165, 1.54) is 7.11 Å². The number of fused-ring (bicyclic) bond motifs is 1. The Bertz CT molecular complexity index is 1120. The molecule has 0 spiro atoms. The van der Waals surface area contributed by atoms with E-state index in [0.29, 0.717) is 28.3 Å². The van der Waals surface area contributed by atoms with E-state index in [0.717, 1.165) is 16.2 Å². The van der Waals surface area contributed by atoms with Gasteiger partial charge >= 0.3 is 5.97 Å². The lowest BCUT2D eigenvalue weighted by Gasteiger charge is -2.19. The van der Waals surface area contributed by atoms with Gasteiger partial charge in [0, 0.05) is 11.6 Å². The van der Waals surface area contributed by atoms with Gasteiger partial charge in [0.1, 0.15) is 18.4 Å². The maximum absolute atomic E-state index is 12.8. The molecule has 1 heterocycles. The zero-order valence-electron chi connectivity index (χ0n) is 17.9. The third kappa shape index (κ3) is 5.13. The molecule has 0 aliphatic rings. The Hall–Kier alpha value is -3.58. The average molecular weight is 420 g/mol. The highest BCUT2D eigenvalue weighted by Gasteiger charge is 2.19. The third-order valence-corrected chi connectivity index (χ3v) is 4.51. The number of hydrogen-bond acceptors (Lipinski definition) is 6. The predicted octanol–water partition coefficient (Wildman–Crippen LogP) is 4.06. The van der Waals surface area contributed by atoms with Gasteiger partial charge in [0.05, 0.1) is 23.8 Å². The Kier molecular flexibility index (Phi) is 6.46. The van der Waals surface area contributed by atoms with Crippen LogP contribution < -0.4 is 0 Å². The van der Waals surface area contributed by atoms with Gasteiger partial charge in [-0.15, -0.1) is 0 Å². The van der Waals surface area contributed by atoms with Crippen molar-refractivity contribution in [3.05, 3.63) is 65.9 Å². The first-order valence-electron chi connectivity index (χ1n) is 9.75. The van der Waals surface area contributed by atoms with Crippen molar-refractivity contribution in [2.75, 3.05) is 13.7 Å². The molecule has 3 rings (SSSR count). The van der Waals surface area contributed by atoms with Gasteiger partial charge in [0.15, 0.2) is 0 Å². The van der Waals surface area contributed by atoms with Crippen molar-refractivity contribution in [2.24, 2.45) is 0 Å². The summed E-state index contributed by atoms with van der Waals surface area (Å²) in [4.78, 5) is 45.3. The Morgan fingerprint density at radius 2 is 1.71 bits per heavy atom. The summed E-state index contributed by atoms with van der Waals surface area (Å²) < 4.78 is 5.40. The summed E-state index contributed by atoms with van der Waals surface area (Å²) in [7, 11) is 1.34. The maximum atomic E-state index is 12.8. The standard InChI is InChI=1S/C24H24N2O5/c1-24(2,3)31-23(29)17-7-5-16(6-8-17)18-9-10-21-20(15-18)19(11-12-25-21)22(28)26(30-4)13-14-27/h5-12,14-15H,13H2,1-4H3. The number of ether oxygens (including phenoxy) is 1. The van der Waals surface area contributed by atoms with Crippen LogP contribution in [0.3, 0.4) is 0 Å². The molecule has 3 aromatic rings. The summed E-state index contributed by atoms with van der Waals surface area (Å²) in [5.41, 5.74) is 2.63. The Morgan fingerprint density at radius 1 is 1.03 bits per heavy atom. The van der Waals surface area contributed by atoms with Gasteiger partial charge in [-0.05, 0) is 62.2 Å². The SMILES string of the molecule is CON(CC=O)C(=O)c1ccnc2ccc(-c3ccc(C(=O)OC(C)(C)C)cc3)cc12. The van der Waals surface area contributed by atoms with Crippen molar-refractivity contribution in [3.8, 4) is 11.1 Å². The van der Waals surface area contributed by atoms with Gasteiger partial charge in [-0.1, -0.05) is 18.2 Å². The molecule has 0 saturated heterocycles. The Morgan fingerprint density at radius 3 is 2.32 bits per heavy atom. The molecule has 7 nitrogen and oxygen atoms in total. The minimum atomic E-state index is -0.566. The van der Waals surface area contributed by atoms with Crippen LogP contribution in [0.5, 0.6) is 0 Å². The van der Waals surface area contributed by atoms with Crippen molar-refractivity contribution in [1.29, 1.82) is 0 Å². The van der Waals surface area contributed by atoms with E-state index in [1.54, 1.807) is 24.4 Å². The van der Waals surface area contributed by atoms with E-state index in [2.05, 4.69) is 4.98 Å². The van der Waals surface area contributed by atoms with Crippen molar-refractivity contribution >= 4 is 29.1 Å². The number of nitrogens with zero attached hydrogens (tertiary/aromatic N) is 2. The molecule has 0 radical (unpaired) electrons. The van der Waals surface area contributed by atoms with Crippen molar-refractivity contribution in [1.82, 2.24) is 10.0 Å². The number of pyridine rings is 1. The van der Waals surface area contributed by atoms with E-state index >= 15 is 0 Å². The van der Waals surface area contributed by atoms with Gasteiger partial charge in [0.25, 0.3) is 5.91 Å². The van der Waals surface area contributed by atoms with E-state index in [9.17, 15) is 14.4 Å². The second-order valence-corrected chi connectivity index (χ2v) is 7.89. The average Bonchev–Trinajstić information content (AvgIpc) is 2.75. The van der Waals surface area contributed by atoms with E-state index in [1.807, 2.05) is 51.1 Å². The molecule has 0 fully saturated rings. The molecule has 0 atom stereocenters. The summed E-state index contributed by atoms with van der Waals surface area (Å²) in [5, 5.41) is 1.62. The van der Waals surface area contributed by atoms with Crippen LogP contribution in [0, 0.1) is 0 Å². The van der Waals surface area contributed by atoms with E-state index < -0.39 is 11.5 Å². The van der Waals surface area contributed by atoms with Crippen LogP contribution >= 0.6 is 0 Å². The largest absolute Gasteiger partial charge is 0.456 e. The predicted molar refractivity (Wildman–Crippen MR) is 116 cm³/mol. The molecule has 31 heavy (non-hydrogen) atoms. The molecule has 7 heteroatoms. The first kappa shape index (κ1) is 22.1. The molecule has 1 amide bonds. The number of benzene rings is 2. The highest BCUT2D eigenvalue weighted by atomic mass is 16.7. The van der Waals surface area contributed by atoms with Crippen molar-refractivity contribution in [2.45, 2.75) is 26.4 Å². The fourth-order valence-corrected chi connectivity index (χ4v) is 3.09. The minimum Gasteiger partial charge on any atom is -0.456 e. The number of aldehydes is 1. The lowest BCUT2D eigenvalue weighted by atomic mass is 9.99. The molecule has 0 aliphatic carbocycles. The van der Waals surface area contributed by atoms with Crippen LogP contribution in [0.2, 0.25) is 0 Å². The fraction of sp³-hybridized carbons (Fsp3) is 0.250. The first-order valence-corrected chi connectivity index (χ1v) is 9.75. The highest BCUT2D eigenvalue weighted by molar-refractivity contribution is 6.07. The maximum Gasteiger partial charge on any atom is 0.338 e. The smallest absolute Gasteiger partial charge is 0.338 e. The zero-order chi connectivity index (χ0) is 22.6.